The molecule has 0 unspecified atom stereocenters. The van der Waals surface area contributed by atoms with Crippen LogP contribution in [0.1, 0.15) is 33.2 Å². The van der Waals surface area contributed by atoms with Crippen LogP contribution in [0.3, 0.4) is 0 Å². The second-order valence-electron chi connectivity index (χ2n) is 6.29. The van der Waals surface area contributed by atoms with E-state index in [1.165, 1.54) is 10.5 Å². The van der Waals surface area contributed by atoms with E-state index in [2.05, 4.69) is 6.92 Å². The lowest BCUT2D eigenvalue weighted by atomic mass is 10.1. The topological polar surface area (TPSA) is 40.6 Å². The Morgan fingerprint density at radius 1 is 0.808 bits per heavy atom. The number of hydrogen-bond donors (Lipinski definition) is 0. The van der Waals surface area contributed by atoms with Crippen LogP contribution in [-0.2, 0) is 6.42 Å². The molecule has 2 amide bonds. The Hall–Kier alpha value is -2.76. The van der Waals surface area contributed by atoms with E-state index in [9.17, 15) is 18.4 Å². The summed E-state index contributed by atoms with van der Waals surface area (Å²) >= 11 is 0. The normalized spacial score (nSPS) is 14.4. The van der Waals surface area contributed by atoms with Gasteiger partial charge in [-0.25, -0.2) is 8.78 Å². The first kappa shape index (κ1) is 18.0. The molecule has 3 rings (SSSR count). The van der Waals surface area contributed by atoms with Crippen molar-refractivity contribution in [3.63, 3.8) is 0 Å². The van der Waals surface area contributed by atoms with E-state index in [1.54, 1.807) is 4.90 Å². The highest BCUT2D eigenvalue weighted by Gasteiger charge is 2.26. The highest BCUT2D eigenvalue weighted by molar-refractivity contribution is 5.96. The lowest BCUT2D eigenvalue weighted by Gasteiger charge is -2.35. The first-order chi connectivity index (χ1) is 12.5. The third-order valence-corrected chi connectivity index (χ3v) is 4.57. The number of amides is 2. The Kier molecular flexibility index (Phi) is 5.30. The molecule has 0 bridgehead atoms. The minimum absolute atomic E-state index is 0.0163. The van der Waals surface area contributed by atoms with Gasteiger partial charge < -0.3 is 9.80 Å². The summed E-state index contributed by atoms with van der Waals surface area (Å²) in [4.78, 5) is 28.2. The second-order valence-corrected chi connectivity index (χ2v) is 6.29. The van der Waals surface area contributed by atoms with Gasteiger partial charge in [-0.3, -0.25) is 9.59 Å². The van der Waals surface area contributed by atoms with Crippen LogP contribution in [0.15, 0.2) is 42.5 Å². The molecular weight excluding hydrogens is 338 g/mol. The molecule has 0 spiro atoms. The van der Waals surface area contributed by atoms with Crippen LogP contribution in [0.5, 0.6) is 0 Å². The fourth-order valence-electron chi connectivity index (χ4n) is 3.04. The van der Waals surface area contributed by atoms with Crippen LogP contribution >= 0.6 is 0 Å². The average molecular weight is 358 g/mol. The zero-order valence-electron chi connectivity index (χ0n) is 14.5. The summed E-state index contributed by atoms with van der Waals surface area (Å²) in [5.41, 5.74) is 1.77. The van der Waals surface area contributed by atoms with Crippen LogP contribution in [0.2, 0.25) is 0 Å². The molecule has 2 aromatic rings. The van der Waals surface area contributed by atoms with E-state index in [0.29, 0.717) is 31.7 Å². The van der Waals surface area contributed by atoms with Gasteiger partial charge in [0, 0.05) is 43.4 Å². The molecule has 0 N–H and O–H groups in total. The van der Waals surface area contributed by atoms with Gasteiger partial charge in [0.05, 0.1) is 0 Å². The molecule has 0 aliphatic carbocycles. The molecule has 136 valence electrons. The summed E-state index contributed by atoms with van der Waals surface area (Å²) in [5, 5.41) is 0. The van der Waals surface area contributed by atoms with Gasteiger partial charge in [0.15, 0.2) is 0 Å². The first-order valence-corrected chi connectivity index (χ1v) is 8.61. The quantitative estimate of drug-likeness (QED) is 0.846. The van der Waals surface area contributed by atoms with Crippen LogP contribution in [0, 0.1) is 11.6 Å². The van der Waals surface area contributed by atoms with E-state index < -0.39 is 17.5 Å². The fraction of sp³-hybridized carbons (Fsp3) is 0.300. The summed E-state index contributed by atoms with van der Waals surface area (Å²) in [6.07, 6.45) is 0.913. The molecule has 0 saturated carbocycles. The molecule has 0 atom stereocenters. The van der Waals surface area contributed by atoms with Gasteiger partial charge in [0.1, 0.15) is 11.6 Å². The van der Waals surface area contributed by atoms with Crippen LogP contribution in [-0.4, -0.2) is 47.8 Å². The zero-order valence-corrected chi connectivity index (χ0v) is 14.5. The first-order valence-electron chi connectivity index (χ1n) is 8.61. The highest BCUT2D eigenvalue weighted by atomic mass is 19.1. The molecule has 0 aromatic heterocycles. The molecule has 1 saturated heterocycles. The number of carbonyl (C=O) groups is 2. The summed E-state index contributed by atoms with van der Waals surface area (Å²) in [7, 11) is 0. The molecular formula is C20H20F2N2O2. The smallest absolute Gasteiger partial charge is 0.254 e. The van der Waals surface area contributed by atoms with Crippen LogP contribution in [0.4, 0.5) is 8.78 Å². The lowest BCUT2D eigenvalue weighted by molar-refractivity contribution is 0.0535. The SMILES string of the molecule is CCc1ccc(C(=O)N2CCN(C(=O)c3cc(F)cc(F)c3)CC2)cc1. The van der Waals surface area contributed by atoms with Crippen molar-refractivity contribution in [3.05, 3.63) is 70.8 Å². The molecule has 4 nitrogen and oxygen atoms in total. The number of carbonyl (C=O) groups excluding carboxylic acids is 2. The minimum Gasteiger partial charge on any atom is -0.335 e. The van der Waals surface area contributed by atoms with Crippen LogP contribution < -0.4 is 0 Å². The largest absolute Gasteiger partial charge is 0.335 e. The van der Waals surface area contributed by atoms with Crippen molar-refractivity contribution < 1.29 is 18.4 Å². The van der Waals surface area contributed by atoms with Gasteiger partial charge in [0.25, 0.3) is 11.8 Å². The van der Waals surface area contributed by atoms with E-state index >= 15 is 0 Å². The van der Waals surface area contributed by atoms with Crippen molar-refractivity contribution in [2.45, 2.75) is 13.3 Å². The van der Waals surface area contributed by atoms with Crippen LogP contribution in [0.25, 0.3) is 0 Å². The molecule has 2 aromatic carbocycles. The number of hydrogen-bond acceptors (Lipinski definition) is 2. The Labute approximate surface area is 151 Å². The van der Waals surface area contributed by atoms with Gasteiger partial charge in [-0.1, -0.05) is 19.1 Å². The summed E-state index contributed by atoms with van der Waals surface area (Å²) < 4.78 is 26.6. The maximum Gasteiger partial charge on any atom is 0.254 e. The molecule has 0 radical (unpaired) electrons. The summed E-state index contributed by atoms with van der Waals surface area (Å²) in [5.74, 6) is -2.06. The molecule has 1 aliphatic rings. The highest BCUT2D eigenvalue weighted by Crippen LogP contribution is 2.15. The fourth-order valence-corrected chi connectivity index (χ4v) is 3.04. The Morgan fingerprint density at radius 2 is 1.27 bits per heavy atom. The lowest BCUT2D eigenvalue weighted by Crippen LogP contribution is -2.50. The molecule has 1 fully saturated rings. The van der Waals surface area contributed by atoms with E-state index in [0.717, 1.165) is 24.6 Å². The third kappa shape index (κ3) is 3.90. The standard InChI is InChI=1S/C20H20F2N2O2/c1-2-14-3-5-15(6-4-14)19(25)23-7-9-24(10-8-23)20(26)16-11-17(21)13-18(22)12-16/h3-6,11-13H,2,7-10H2,1H3. The predicted molar refractivity (Wildman–Crippen MR) is 94.0 cm³/mol. The van der Waals surface area contributed by atoms with Crippen molar-refractivity contribution in [1.29, 1.82) is 0 Å². The Bertz CT molecular complexity index is 793. The average Bonchev–Trinajstić information content (AvgIpc) is 2.66. The number of rotatable bonds is 3. The number of aryl methyl sites for hydroxylation is 1. The molecule has 1 heterocycles. The number of halogens is 2. The number of nitrogens with zero attached hydrogens (tertiary/aromatic N) is 2. The number of benzene rings is 2. The van der Waals surface area contributed by atoms with Gasteiger partial charge >= 0.3 is 0 Å². The van der Waals surface area contributed by atoms with Crippen molar-refractivity contribution in [2.75, 3.05) is 26.2 Å². The molecule has 26 heavy (non-hydrogen) atoms. The summed E-state index contributed by atoms with van der Waals surface area (Å²) in [6.45, 7) is 3.48. The Balaban J connectivity index is 1.62. The van der Waals surface area contributed by atoms with E-state index in [4.69, 9.17) is 0 Å². The van der Waals surface area contributed by atoms with E-state index in [1.807, 2.05) is 24.3 Å². The summed E-state index contributed by atoms with van der Waals surface area (Å²) in [6, 6.07) is 10.3. The maximum absolute atomic E-state index is 13.3. The van der Waals surface area contributed by atoms with Gasteiger partial charge in [-0.15, -0.1) is 0 Å². The van der Waals surface area contributed by atoms with Gasteiger partial charge in [-0.05, 0) is 36.2 Å². The monoisotopic (exact) mass is 358 g/mol. The number of piperazine rings is 1. The molecule has 6 heteroatoms. The van der Waals surface area contributed by atoms with Crippen molar-refractivity contribution in [3.8, 4) is 0 Å². The van der Waals surface area contributed by atoms with Gasteiger partial charge in [-0.2, -0.15) is 0 Å². The van der Waals surface area contributed by atoms with Gasteiger partial charge in [0.2, 0.25) is 0 Å². The van der Waals surface area contributed by atoms with Crippen molar-refractivity contribution >= 4 is 11.8 Å². The zero-order chi connectivity index (χ0) is 18.7. The Morgan fingerprint density at radius 3 is 1.73 bits per heavy atom. The molecule has 1 aliphatic heterocycles. The van der Waals surface area contributed by atoms with Crippen molar-refractivity contribution in [2.24, 2.45) is 0 Å². The van der Waals surface area contributed by atoms with Crippen molar-refractivity contribution in [1.82, 2.24) is 9.80 Å². The second kappa shape index (κ2) is 7.64. The minimum atomic E-state index is -0.780. The van der Waals surface area contributed by atoms with E-state index in [-0.39, 0.29) is 11.5 Å². The predicted octanol–water partition coefficient (Wildman–Crippen LogP) is 3.13. The third-order valence-electron chi connectivity index (χ3n) is 4.57. The maximum atomic E-state index is 13.3.